The molecule has 0 aliphatic heterocycles. The van der Waals surface area contributed by atoms with Crippen molar-refractivity contribution in [3.05, 3.63) is 59.7 Å². The van der Waals surface area contributed by atoms with E-state index in [0.717, 1.165) is 16.9 Å². The first-order valence-electron chi connectivity index (χ1n) is 9.32. The average Bonchev–Trinajstić information content (AvgIpc) is 2.72. The Morgan fingerprint density at radius 1 is 1.11 bits per heavy atom. The molecule has 0 aromatic heterocycles. The van der Waals surface area contributed by atoms with Crippen molar-refractivity contribution in [1.82, 2.24) is 10.2 Å². The minimum absolute atomic E-state index is 0.132. The second-order valence-corrected chi connectivity index (χ2v) is 6.51. The largest absolute Gasteiger partial charge is 0.497 e. The number of methoxy groups -OCH3 is 1. The molecule has 0 saturated carbocycles. The Hall–Kier alpha value is -3.02. The summed E-state index contributed by atoms with van der Waals surface area (Å²) in [5.74, 6) is 0.932. The fourth-order valence-corrected chi connectivity index (χ4v) is 2.95. The number of hydrogen-bond donors (Lipinski definition) is 1. The number of carbonyl (C=O) groups is 2. The van der Waals surface area contributed by atoms with Crippen molar-refractivity contribution in [2.45, 2.75) is 32.9 Å². The van der Waals surface area contributed by atoms with Gasteiger partial charge in [-0.15, -0.1) is 0 Å². The SMILES string of the molecule is CC[C@H](C(=O)NC)N(Cc1ccc(OC)cc1)C(=O)COc1cccc(C)c1. The summed E-state index contributed by atoms with van der Waals surface area (Å²) in [6.45, 7) is 4.03. The Balaban J connectivity index is 2.17. The van der Waals surface area contributed by atoms with Crippen LogP contribution in [0.25, 0.3) is 0 Å². The van der Waals surface area contributed by atoms with Crippen LogP contribution in [0.2, 0.25) is 0 Å². The highest BCUT2D eigenvalue weighted by atomic mass is 16.5. The van der Waals surface area contributed by atoms with Gasteiger partial charge in [0.2, 0.25) is 5.91 Å². The van der Waals surface area contributed by atoms with Gasteiger partial charge in [0.15, 0.2) is 6.61 Å². The molecule has 0 bridgehead atoms. The molecule has 1 atom stereocenters. The summed E-state index contributed by atoms with van der Waals surface area (Å²) in [6, 6.07) is 14.4. The molecule has 0 saturated heterocycles. The van der Waals surface area contributed by atoms with Crippen LogP contribution in [-0.4, -0.2) is 43.5 Å². The Morgan fingerprint density at radius 2 is 1.82 bits per heavy atom. The van der Waals surface area contributed by atoms with Gasteiger partial charge >= 0.3 is 0 Å². The number of hydrogen-bond acceptors (Lipinski definition) is 4. The third-order valence-electron chi connectivity index (χ3n) is 4.50. The summed E-state index contributed by atoms with van der Waals surface area (Å²) >= 11 is 0. The summed E-state index contributed by atoms with van der Waals surface area (Å²) < 4.78 is 10.8. The molecular formula is C22H28N2O4. The van der Waals surface area contributed by atoms with Crippen molar-refractivity contribution >= 4 is 11.8 Å². The lowest BCUT2D eigenvalue weighted by molar-refractivity contribution is -0.142. The van der Waals surface area contributed by atoms with Crippen LogP contribution in [0.4, 0.5) is 0 Å². The Labute approximate surface area is 166 Å². The van der Waals surface area contributed by atoms with E-state index in [1.54, 1.807) is 19.1 Å². The number of rotatable bonds is 9. The predicted molar refractivity (Wildman–Crippen MR) is 108 cm³/mol. The number of carbonyl (C=O) groups excluding carboxylic acids is 2. The third-order valence-corrected chi connectivity index (χ3v) is 4.50. The molecule has 0 fully saturated rings. The molecule has 6 nitrogen and oxygen atoms in total. The van der Waals surface area contributed by atoms with Crippen molar-refractivity contribution in [1.29, 1.82) is 0 Å². The standard InChI is InChI=1S/C22H28N2O4/c1-5-20(22(26)23-3)24(14-17-9-11-18(27-4)12-10-17)21(25)15-28-19-8-6-7-16(2)13-19/h6-13,20H,5,14-15H2,1-4H3,(H,23,26)/t20-/m1/s1. The number of nitrogens with one attached hydrogen (secondary N) is 1. The monoisotopic (exact) mass is 384 g/mol. The number of likely N-dealkylation sites (N-methyl/N-ethyl adjacent to an activating group) is 1. The molecule has 150 valence electrons. The molecule has 28 heavy (non-hydrogen) atoms. The van der Waals surface area contributed by atoms with Gasteiger partial charge in [-0.25, -0.2) is 0 Å². The fraction of sp³-hybridized carbons (Fsp3) is 0.364. The molecule has 2 amide bonds. The second kappa shape index (κ2) is 10.3. The van der Waals surface area contributed by atoms with Gasteiger partial charge in [-0.3, -0.25) is 9.59 Å². The average molecular weight is 384 g/mol. The zero-order chi connectivity index (χ0) is 20.5. The van der Waals surface area contributed by atoms with E-state index in [1.807, 2.05) is 62.4 Å². The molecule has 0 radical (unpaired) electrons. The highest BCUT2D eigenvalue weighted by Gasteiger charge is 2.28. The van der Waals surface area contributed by atoms with Crippen molar-refractivity contribution in [2.75, 3.05) is 20.8 Å². The van der Waals surface area contributed by atoms with Gasteiger partial charge in [0.1, 0.15) is 17.5 Å². The van der Waals surface area contributed by atoms with Gasteiger partial charge in [0, 0.05) is 13.6 Å². The zero-order valence-corrected chi connectivity index (χ0v) is 16.9. The molecule has 2 aromatic rings. The van der Waals surface area contributed by atoms with Crippen molar-refractivity contribution < 1.29 is 19.1 Å². The molecule has 0 unspecified atom stereocenters. The maximum atomic E-state index is 12.9. The van der Waals surface area contributed by atoms with Gasteiger partial charge < -0.3 is 19.7 Å². The van der Waals surface area contributed by atoms with E-state index in [2.05, 4.69) is 5.32 Å². The number of ether oxygens (including phenoxy) is 2. The van der Waals surface area contributed by atoms with Gasteiger partial charge in [-0.1, -0.05) is 31.2 Å². The van der Waals surface area contributed by atoms with Gasteiger partial charge in [0.25, 0.3) is 5.91 Å². The minimum atomic E-state index is -0.569. The minimum Gasteiger partial charge on any atom is -0.497 e. The second-order valence-electron chi connectivity index (χ2n) is 6.51. The smallest absolute Gasteiger partial charge is 0.261 e. The molecule has 0 heterocycles. The zero-order valence-electron chi connectivity index (χ0n) is 16.9. The topological polar surface area (TPSA) is 67.9 Å². The first-order chi connectivity index (χ1) is 13.5. The number of nitrogens with zero attached hydrogens (tertiary/aromatic N) is 1. The van der Waals surface area contributed by atoms with Crippen LogP contribution in [0.15, 0.2) is 48.5 Å². The van der Waals surface area contributed by atoms with Gasteiger partial charge in [-0.2, -0.15) is 0 Å². The number of amides is 2. The summed E-state index contributed by atoms with van der Waals surface area (Å²) in [6.07, 6.45) is 0.506. The molecule has 2 rings (SSSR count). The Bertz CT molecular complexity index is 789. The van der Waals surface area contributed by atoms with E-state index in [4.69, 9.17) is 9.47 Å². The first-order valence-corrected chi connectivity index (χ1v) is 9.32. The first kappa shape index (κ1) is 21.3. The van der Waals surface area contributed by atoms with Crippen LogP contribution in [0.1, 0.15) is 24.5 Å². The van der Waals surface area contributed by atoms with E-state index < -0.39 is 6.04 Å². The molecule has 0 aliphatic carbocycles. The summed E-state index contributed by atoms with van der Waals surface area (Å²) in [5.41, 5.74) is 1.96. The van der Waals surface area contributed by atoms with Crippen LogP contribution < -0.4 is 14.8 Å². The van der Waals surface area contributed by atoms with Crippen LogP contribution >= 0.6 is 0 Å². The van der Waals surface area contributed by atoms with Gasteiger partial charge in [-0.05, 0) is 48.7 Å². The number of aryl methyl sites for hydroxylation is 1. The van der Waals surface area contributed by atoms with Crippen LogP contribution in [0.5, 0.6) is 11.5 Å². The van der Waals surface area contributed by atoms with Crippen LogP contribution in [-0.2, 0) is 16.1 Å². The molecule has 0 aliphatic rings. The summed E-state index contributed by atoms with van der Waals surface area (Å²) in [7, 11) is 3.18. The molecule has 0 spiro atoms. The lowest BCUT2D eigenvalue weighted by atomic mass is 10.1. The highest BCUT2D eigenvalue weighted by molar-refractivity contribution is 5.88. The quantitative estimate of drug-likeness (QED) is 0.722. The van der Waals surface area contributed by atoms with E-state index in [1.165, 1.54) is 0 Å². The van der Waals surface area contributed by atoms with E-state index >= 15 is 0 Å². The number of benzene rings is 2. The predicted octanol–water partition coefficient (Wildman–Crippen LogP) is 2.94. The Morgan fingerprint density at radius 3 is 2.39 bits per heavy atom. The van der Waals surface area contributed by atoms with Crippen molar-refractivity contribution in [3.63, 3.8) is 0 Å². The van der Waals surface area contributed by atoms with Crippen molar-refractivity contribution in [3.8, 4) is 11.5 Å². The molecular weight excluding hydrogens is 356 g/mol. The summed E-state index contributed by atoms with van der Waals surface area (Å²) in [4.78, 5) is 26.8. The maximum Gasteiger partial charge on any atom is 0.261 e. The highest BCUT2D eigenvalue weighted by Crippen LogP contribution is 2.17. The summed E-state index contributed by atoms with van der Waals surface area (Å²) in [5, 5.41) is 2.64. The lowest BCUT2D eigenvalue weighted by Crippen LogP contribution is -2.49. The van der Waals surface area contributed by atoms with Crippen LogP contribution in [0, 0.1) is 6.92 Å². The van der Waals surface area contributed by atoms with E-state index in [-0.39, 0.29) is 18.4 Å². The van der Waals surface area contributed by atoms with E-state index in [0.29, 0.717) is 18.7 Å². The van der Waals surface area contributed by atoms with Crippen molar-refractivity contribution in [2.24, 2.45) is 0 Å². The molecule has 6 heteroatoms. The molecule has 2 aromatic carbocycles. The van der Waals surface area contributed by atoms with Crippen LogP contribution in [0.3, 0.4) is 0 Å². The third kappa shape index (κ3) is 5.74. The fourth-order valence-electron chi connectivity index (χ4n) is 2.95. The Kier molecular flexibility index (Phi) is 7.87. The van der Waals surface area contributed by atoms with Gasteiger partial charge in [0.05, 0.1) is 7.11 Å². The van der Waals surface area contributed by atoms with E-state index in [9.17, 15) is 9.59 Å². The lowest BCUT2D eigenvalue weighted by Gasteiger charge is -2.30. The molecule has 1 N–H and O–H groups in total. The maximum absolute atomic E-state index is 12.9. The normalized spacial score (nSPS) is 11.4.